The van der Waals surface area contributed by atoms with Crippen molar-refractivity contribution in [2.45, 2.75) is 12.8 Å². The largest absolute Gasteiger partial charge is 0.399 e. The number of carbonyl (C=O) groups is 1. The predicted octanol–water partition coefficient (Wildman–Crippen LogP) is 1.99. The van der Waals surface area contributed by atoms with Gasteiger partial charge in [0.2, 0.25) is 0 Å². The number of nitrogens with zero attached hydrogens (tertiary/aromatic N) is 6. The highest BCUT2D eigenvalue weighted by molar-refractivity contribution is 5.92. The molecule has 164 valence electrons. The van der Waals surface area contributed by atoms with Crippen LogP contribution in [0.2, 0.25) is 0 Å². The Kier molecular flexibility index (Phi) is 6.34. The van der Waals surface area contributed by atoms with Crippen molar-refractivity contribution in [3.8, 4) is 0 Å². The van der Waals surface area contributed by atoms with Crippen LogP contribution >= 0.6 is 0 Å². The van der Waals surface area contributed by atoms with Gasteiger partial charge in [-0.3, -0.25) is 0 Å². The minimum absolute atomic E-state index is 0.100. The summed E-state index contributed by atoms with van der Waals surface area (Å²) in [5.41, 5.74) is 8.60. The number of nitrogens with two attached hydrogens (primary N) is 1. The molecule has 31 heavy (non-hydrogen) atoms. The van der Waals surface area contributed by atoms with Crippen molar-refractivity contribution in [1.82, 2.24) is 14.9 Å². The van der Waals surface area contributed by atoms with Crippen LogP contribution in [0.1, 0.15) is 18.4 Å². The number of piperazine rings is 1. The Hall–Kier alpha value is -3.56. The summed E-state index contributed by atoms with van der Waals surface area (Å²) < 4.78 is 0. The number of nitrogens with one attached hydrogen (secondary N) is 1. The number of urea groups is 1. The van der Waals surface area contributed by atoms with Crippen molar-refractivity contribution in [1.29, 1.82) is 0 Å². The van der Waals surface area contributed by atoms with Gasteiger partial charge < -0.3 is 30.6 Å². The van der Waals surface area contributed by atoms with E-state index >= 15 is 0 Å². The first kappa shape index (κ1) is 20.7. The summed E-state index contributed by atoms with van der Waals surface area (Å²) in [4.78, 5) is 32.1. The Morgan fingerprint density at radius 3 is 2.45 bits per heavy atom. The van der Waals surface area contributed by atoms with E-state index in [0.29, 0.717) is 43.4 Å². The molecule has 0 spiro atoms. The second-order valence-corrected chi connectivity index (χ2v) is 7.56. The number of benzene rings is 1. The van der Waals surface area contributed by atoms with E-state index in [1.807, 2.05) is 12.1 Å². The van der Waals surface area contributed by atoms with Crippen LogP contribution in [-0.4, -0.2) is 73.5 Å². The number of hydrogen-bond donors (Lipinski definition) is 2. The summed E-state index contributed by atoms with van der Waals surface area (Å²) >= 11 is 0. The molecule has 10 nitrogen and oxygen atoms in total. The van der Waals surface area contributed by atoms with Crippen LogP contribution < -0.4 is 20.9 Å². The highest BCUT2D eigenvalue weighted by atomic mass is 16.6. The zero-order valence-electron chi connectivity index (χ0n) is 17.7. The van der Waals surface area contributed by atoms with Crippen molar-refractivity contribution >= 4 is 35.3 Å². The molecule has 2 amide bonds. The summed E-state index contributed by atoms with van der Waals surface area (Å²) in [7, 11) is 1.47. The fourth-order valence-corrected chi connectivity index (χ4v) is 3.94. The third-order valence-electron chi connectivity index (χ3n) is 5.64. The van der Waals surface area contributed by atoms with Gasteiger partial charge in [-0.15, -0.1) is 0 Å². The molecule has 0 bridgehead atoms. The van der Waals surface area contributed by atoms with E-state index in [9.17, 15) is 4.79 Å². The van der Waals surface area contributed by atoms with Gasteiger partial charge in [0.15, 0.2) is 0 Å². The Balaban J connectivity index is 1.34. The van der Waals surface area contributed by atoms with E-state index in [4.69, 9.17) is 10.6 Å². The van der Waals surface area contributed by atoms with Crippen molar-refractivity contribution < 1.29 is 9.63 Å². The maximum absolute atomic E-state index is 12.7. The number of aromatic nitrogens is 2. The molecule has 2 saturated heterocycles. The normalized spacial score (nSPS) is 16.7. The maximum Gasteiger partial charge on any atom is 0.321 e. The van der Waals surface area contributed by atoms with Crippen LogP contribution in [0.15, 0.2) is 35.7 Å². The fourth-order valence-electron chi connectivity index (χ4n) is 3.94. The summed E-state index contributed by atoms with van der Waals surface area (Å²) in [6, 6.07) is 7.97. The van der Waals surface area contributed by atoms with Crippen LogP contribution in [0.5, 0.6) is 0 Å². The fraction of sp³-hybridized carbons (Fsp3) is 0.429. The average Bonchev–Trinajstić information content (AvgIpc) is 3.34. The van der Waals surface area contributed by atoms with Crippen molar-refractivity contribution in [2.75, 3.05) is 67.2 Å². The van der Waals surface area contributed by atoms with Crippen LogP contribution in [0, 0.1) is 0 Å². The Bertz CT molecular complexity index is 919. The lowest BCUT2D eigenvalue weighted by molar-refractivity contribution is 0.208. The SMILES string of the molecule is CON=Cc1c(N)ncnc1N1CCN(C(=O)Nc2ccc(N3CCCC3)cc2)CC1. The van der Waals surface area contributed by atoms with E-state index in [2.05, 4.69) is 42.4 Å². The molecule has 2 aromatic rings. The molecule has 2 fully saturated rings. The molecule has 2 aliphatic heterocycles. The van der Waals surface area contributed by atoms with E-state index < -0.39 is 0 Å². The first-order valence-corrected chi connectivity index (χ1v) is 10.5. The zero-order valence-corrected chi connectivity index (χ0v) is 17.7. The molecular formula is C21H28N8O2. The molecule has 1 aromatic carbocycles. The highest BCUT2D eigenvalue weighted by Gasteiger charge is 2.24. The number of hydrogen-bond acceptors (Lipinski definition) is 8. The quantitative estimate of drug-likeness (QED) is 0.558. The first-order valence-electron chi connectivity index (χ1n) is 10.5. The molecule has 10 heteroatoms. The van der Waals surface area contributed by atoms with Gasteiger partial charge in [0.05, 0.1) is 11.8 Å². The third-order valence-corrected chi connectivity index (χ3v) is 5.64. The lowest BCUT2D eigenvalue weighted by Gasteiger charge is -2.35. The van der Waals surface area contributed by atoms with E-state index in [1.165, 1.54) is 38.2 Å². The van der Waals surface area contributed by atoms with Crippen molar-refractivity contribution in [3.05, 3.63) is 36.2 Å². The van der Waals surface area contributed by atoms with Gasteiger partial charge in [-0.1, -0.05) is 5.16 Å². The molecule has 0 atom stereocenters. The van der Waals surface area contributed by atoms with Gasteiger partial charge in [0, 0.05) is 50.6 Å². The minimum Gasteiger partial charge on any atom is -0.399 e. The second-order valence-electron chi connectivity index (χ2n) is 7.56. The Morgan fingerprint density at radius 2 is 1.77 bits per heavy atom. The molecule has 0 aliphatic carbocycles. The predicted molar refractivity (Wildman–Crippen MR) is 122 cm³/mol. The summed E-state index contributed by atoms with van der Waals surface area (Å²) in [5, 5.41) is 6.79. The van der Waals surface area contributed by atoms with Crippen molar-refractivity contribution in [2.24, 2.45) is 5.16 Å². The smallest absolute Gasteiger partial charge is 0.321 e. The summed E-state index contributed by atoms with van der Waals surface area (Å²) in [6.07, 6.45) is 5.43. The summed E-state index contributed by atoms with van der Waals surface area (Å²) in [5.74, 6) is 1.02. The molecule has 0 unspecified atom stereocenters. The summed E-state index contributed by atoms with van der Waals surface area (Å²) in [6.45, 7) is 4.61. The zero-order chi connectivity index (χ0) is 21.6. The van der Waals surface area contributed by atoms with Gasteiger partial charge in [-0.05, 0) is 37.1 Å². The second kappa shape index (κ2) is 9.50. The molecule has 4 rings (SSSR count). The molecule has 1 aromatic heterocycles. The number of rotatable bonds is 5. The third kappa shape index (κ3) is 4.79. The number of oxime groups is 1. The van der Waals surface area contributed by atoms with Crippen LogP contribution in [-0.2, 0) is 4.84 Å². The monoisotopic (exact) mass is 424 g/mol. The average molecular weight is 425 g/mol. The van der Waals surface area contributed by atoms with Crippen LogP contribution in [0.25, 0.3) is 0 Å². The van der Waals surface area contributed by atoms with Gasteiger partial charge in [-0.25, -0.2) is 14.8 Å². The van der Waals surface area contributed by atoms with Crippen LogP contribution in [0.3, 0.4) is 0 Å². The molecule has 0 radical (unpaired) electrons. The Labute approximate surface area is 181 Å². The lowest BCUT2D eigenvalue weighted by Crippen LogP contribution is -2.50. The molecule has 3 heterocycles. The van der Waals surface area contributed by atoms with Gasteiger partial charge in [-0.2, -0.15) is 0 Å². The highest BCUT2D eigenvalue weighted by Crippen LogP contribution is 2.23. The minimum atomic E-state index is -0.100. The number of amides is 2. The van der Waals surface area contributed by atoms with E-state index in [0.717, 1.165) is 18.8 Å². The maximum atomic E-state index is 12.7. The lowest BCUT2D eigenvalue weighted by atomic mass is 10.2. The molecule has 0 saturated carbocycles. The van der Waals surface area contributed by atoms with Gasteiger partial charge in [0.25, 0.3) is 0 Å². The number of nitrogen functional groups attached to an aromatic ring is 1. The molecule has 2 aliphatic rings. The van der Waals surface area contributed by atoms with Gasteiger partial charge in [0.1, 0.15) is 25.1 Å². The van der Waals surface area contributed by atoms with Crippen LogP contribution in [0.4, 0.5) is 27.8 Å². The standard InChI is InChI=1S/C21H28N8O2/c1-31-25-14-18-19(22)23-15-24-20(18)28-10-12-29(13-11-28)21(30)26-16-4-6-17(7-5-16)27-8-2-3-9-27/h4-7,14-15H,2-3,8-13H2,1H3,(H,26,30)(H2,22,23,24). The topological polar surface area (TPSA) is 112 Å². The Morgan fingerprint density at radius 1 is 1.06 bits per heavy atom. The number of anilines is 4. The van der Waals surface area contributed by atoms with Gasteiger partial charge >= 0.3 is 6.03 Å². The molecule has 3 N–H and O–H groups in total. The first-order chi connectivity index (χ1) is 15.2. The van der Waals surface area contributed by atoms with E-state index in [1.54, 1.807) is 4.90 Å². The molecular weight excluding hydrogens is 396 g/mol. The number of carbonyl (C=O) groups excluding carboxylic acids is 1. The van der Waals surface area contributed by atoms with E-state index in [-0.39, 0.29) is 6.03 Å². The van der Waals surface area contributed by atoms with Crippen molar-refractivity contribution in [3.63, 3.8) is 0 Å².